The van der Waals surface area contributed by atoms with Gasteiger partial charge in [-0.3, -0.25) is 5.43 Å². The Morgan fingerprint density at radius 3 is 2.40 bits per heavy atom. The number of nitrogens with zero attached hydrogens (tertiary/aromatic N) is 1. The standard InChI is InChI=1S/C8H13Cl3N2O2/c9-8(10,11)6-15-7(14)12-13-4-2-1-3-5-13/h1-6H2,(H,12,14). The number of ether oxygens (including phenoxy) is 1. The Morgan fingerprint density at radius 2 is 1.87 bits per heavy atom. The average Bonchev–Trinajstić information content (AvgIpc) is 2.15. The predicted molar refractivity (Wildman–Crippen MR) is 60.2 cm³/mol. The maximum Gasteiger partial charge on any atom is 0.421 e. The molecule has 15 heavy (non-hydrogen) atoms. The lowest BCUT2D eigenvalue weighted by molar-refractivity contribution is 0.0966. The third-order valence-electron chi connectivity index (χ3n) is 1.97. The normalized spacial score (nSPS) is 18.6. The van der Waals surface area contributed by atoms with Crippen molar-refractivity contribution in [3.8, 4) is 0 Å². The Morgan fingerprint density at radius 1 is 1.27 bits per heavy atom. The van der Waals surface area contributed by atoms with E-state index in [0.717, 1.165) is 25.9 Å². The number of carbonyl (C=O) groups excluding carboxylic acids is 1. The molecule has 1 heterocycles. The van der Waals surface area contributed by atoms with E-state index in [0.29, 0.717) is 0 Å². The van der Waals surface area contributed by atoms with Gasteiger partial charge in [0.25, 0.3) is 0 Å². The van der Waals surface area contributed by atoms with Crippen molar-refractivity contribution in [2.24, 2.45) is 0 Å². The molecule has 1 aliphatic rings. The highest BCUT2D eigenvalue weighted by Crippen LogP contribution is 2.25. The number of hydrogen-bond donors (Lipinski definition) is 1. The molecule has 1 aliphatic heterocycles. The molecule has 0 aromatic rings. The summed E-state index contributed by atoms with van der Waals surface area (Å²) in [6, 6.07) is 0. The Balaban J connectivity index is 2.17. The molecule has 0 bridgehead atoms. The summed E-state index contributed by atoms with van der Waals surface area (Å²) in [6.45, 7) is 1.42. The molecule has 1 fully saturated rings. The zero-order valence-corrected chi connectivity index (χ0v) is 10.4. The molecule has 88 valence electrons. The fourth-order valence-electron chi connectivity index (χ4n) is 1.31. The van der Waals surface area contributed by atoms with Gasteiger partial charge in [-0.25, -0.2) is 9.80 Å². The van der Waals surface area contributed by atoms with Crippen LogP contribution in [0.1, 0.15) is 19.3 Å². The molecule has 1 rings (SSSR count). The van der Waals surface area contributed by atoms with Crippen LogP contribution in [0.2, 0.25) is 0 Å². The monoisotopic (exact) mass is 274 g/mol. The zero-order valence-electron chi connectivity index (χ0n) is 8.14. The van der Waals surface area contributed by atoms with Crippen molar-refractivity contribution in [2.75, 3.05) is 19.7 Å². The Labute approximate surface area is 104 Å². The highest BCUT2D eigenvalue weighted by atomic mass is 35.6. The highest BCUT2D eigenvalue weighted by molar-refractivity contribution is 6.67. The summed E-state index contributed by atoms with van der Waals surface area (Å²) in [5.41, 5.74) is 2.59. The van der Waals surface area contributed by atoms with E-state index < -0.39 is 9.89 Å². The van der Waals surface area contributed by atoms with Crippen LogP contribution in [0.3, 0.4) is 0 Å². The molecule has 1 amide bonds. The molecule has 0 spiro atoms. The number of alkyl halides is 3. The Kier molecular flexibility index (Phi) is 5.26. The number of piperidine rings is 1. The first-order valence-electron chi connectivity index (χ1n) is 4.72. The first-order chi connectivity index (χ1) is 6.97. The van der Waals surface area contributed by atoms with Crippen LogP contribution in [0.5, 0.6) is 0 Å². The smallest absolute Gasteiger partial charge is 0.421 e. The molecule has 1 N–H and O–H groups in total. The molecule has 0 aliphatic carbocycles. The lowest BCUT2D eigenvalue weighted by atomic mass is 10.2. The number of hydrazine groups is 1. The first kappa shape index (κ1) is 13.2. The lowest BCUT2D eigenvalue weighted by Gasteiger charge is -2.26. The van der Waals surface area contributed by atoms with Gasteiger partial charge in [0.1, 0.15) is 6.61 Å². The minimum atomic E-state index is -1.56. The Bertz CT molecular complexity index is 214. The van der Waals surface area contributed by atoms with E-state index >= 15 is 0 Å². The van der Waals surface area contributed by atoms with Crippen molar-refractivity contribution >= 4 is 40.9 Å². The largest absolute Gasteiger partial charge is 0.444 e. The number of rotatable bonds is 2. The Hall–Kier alpha value is 0.1000. The van der Waals surface area contributed by atoms with Gasteiger partial charge in [-0.15, -0.1) is 0 Å². The molecule has 1 saturated heterocycles. The number of amides is 1. The van der Waals surface area contributed by atoms with Gasteiger partial charge >= 0.3 is 6.09 Å². The second-order valence-electron chi connectivity index (χ2n) is 3.35. The van der Waals surface area contributed by atoms with Crippen molar-refractivity contribution in [2.45, 2.75) is 23.1 Å². The van der Waals surface area contributed by atoms with Crippen LogP contribution in [0.4, 0.5) is 4.79 Å². The molecular weight excluding hydrogens is 262 g/mol. The zero-order chi connectivity index (χ0) is 11.3. The summed E-state index contributed by atoms with van der Waals surface area (Å²) in [5.74, 6) is 0. The third kappa shape index (κ3) is 6.30. The second kappa shape index (κ2) is 5.99. The minimum absolute atomic E-state index is 0.253. The summed E-state index contributed by atoms with van der Waals surface area (Å²) in [5, 5.41) is 1.81. The van der Waals surface area contributed by atoms with E-state index in [9.17, 15) is 4.79 Å². The number of nitrogens with one attached hydrogen (secondary N) is 1. The van der Waals surface area contributed by atoms with Gasteiger partial charge in [-0.05, 0) is 12.8 Å². The van der Waals surface area contributed by atoms with Crippen LogP contribution in [-0.2, 0) is 4.74 Å². The molecule has 0 aromatic heterocycles. The number of halogens is 3. The summed E-state index contributed by atoms with van der Waals surface area (Å²) in [4.78, 5) is 11.2. The van der Waals surface area contributed by atoms with Crippen molar-refractivity contribution in [1.29, 1.82) is 0 Å². The quantitative estimate of drug-likeness (QED) is 0.787. The first-order valence-corrected chi connectivity index (χ1v) is 5.86. The van der Waals surface area contributed by atoms with Crippen LogP contribution >= 0.6 is 34.8 Å². The fraction of sp³-hybridized carbons (Fsp3) is 0.875. The van der Waals surface area contributed by atoms with Crippen molar-refractivity contribution in [1.82, 2.24) is 10.4 Å². The van der Waals surface area contributed by atoms with Gasteiger partial charge in [-0.1, -0.05) is 41.2 Å². The van der Waals surface area contributed by atoms with Crippen molar-refractivity contribution in [3.63, 3.8) is 0 Å². The van der Waals surface area contributed by atoms with Gasteiger partial charge in [0.2, 0.25) is 3.79 Å². The number of carbonyl (C=O) groups is 1. The SMILES string of the molecule is O=C(NN1CCCCC1)OCC(Cl)(Cl)Cl. The molecule has 0 aromatic carbocycles. The molecule has 4 nitrogen and oxygen atoms in total. The van der Waals surface area contributed by atoms with E-state index in [1.54, 1.807) is 0 Å². The third-order valence-corrected chi connectivity index (χ3v) is 2.30. The molecule has 0 radical (unpaired) electrons. The van der Waals surface area contributed by atoms with Gasteiger partial charge in [0, 0.05) is 13.1 Å². The maximum atomic E-state index is 11.2. The van der Waals surface area contributed by atoms with Crippen LogP contribution in [0, 0.1) is 0 Å². The summed E-state index contributed by atoms with van der Waals surface area (Å²) < 4.78 is 3.17. The van der Waals surface area contributed by atoms with Crippen LogP contribution in [0.15, 0.2) is 0 Å². The van der Waals surface area contributed by atoms with Gasteiger partial charge in [-0.2, -0.15) is 0 Å². The van der Waals surface area contributed by atoms with E-state index in [1.165, 1.54) is 6.42 Å². The summed E-state index contributed by atoms with van der Waals surface area (Å²) >= 11 is 16.3. The van der Waals surface area contributed by atoms with Crippen LogP contribution in [-0.4, -0.2) is 34.6 Å². The average molecular weight is 276 g/mol. The molecule has 0 atom stereocenters. The van der Waals surface area contributed by atoms with Gasteiger partial charge in [0.05, 0.1) is 0 Å². The minimum Gasteiger partial charge on any atom is -0.444 e. The topological polar surface area (TPSA) is 41.6 Å². The molecular formula is C8H13Cl3N2O2. The second-order valence-corrected chi connectivity index (χ2v) is 5.87. The van der Waals surface area contributed by atoms with Crippen molar-refractivity contribution in [3.05, 3.63) is 0 Å². The van der Waals surface area contributed by atoms with E-state index in [-0.39, 0.29) is 6.61 Å². The van der Waals surface area contributed by atoms with E-state index in [4.69, 9.17) is 39.5 Å². The fourth-order valence-corrected chi connectivity index (χ4v) is 1.48. The molecule has 7 heteroatoms. The highest BCUT2D eigenvalue weighted by Gasteiger charge is 2.23. The lowest BCUT2D eigenvalue weighted by Crippen LogP contribution is -2.45. The van der Waals surface area contributed by atoms with Crippen LogP contribution in [0.25, 0.3) is 0 Å². The summed E-state index contributed by atoms with van der Waals surface area (Å²) in [6.07, 6.45) is 2.76. The van der Waals surface area contributed by atoms with Gasteiger partial charge < -0.3 is 4.74 Å². The molecule has 0 unspecified atom stereocenters. The maximum absolute atomic E-state index is 11.2. The predicted octanol–water partition coefficient (Wildman–Crippen LogP) is 2.48. The van der Waals surface area contributed by atoms with E-state index in [2.05, 4.69) is 5.43 Å². The van der Waals surface area contributed by atoms with Gasteiger partial charge in [0.15, 0.2) is 0 Å². The van der Waals surface area contributed by atoms with E-state index in [1.807, 2.05) is 5.01 Å². The molecule has 0 saturated carbocycles. The van der Waals surface area contributed by atoms with Crippen LogP contribution < -0.4 is 5.43 Å². The van der Waals surface area contributed by atoms with Crippen molar-refractivity contribution < 1.29 is 9.53 Å². The number of hydrogen-bond acceptors (Lipinski definition) is 3. The summed E-state index contributed by atoms with van der Waals surface area (Å²) in [7, 11) is 0.